The molecule has 1 atom stereocenters. The third-order valence-electron chi connectivity index (χ3n) is 2.34. The molecule has 1 aromatic rings. The zero-order valence-electron chi connectivity index (χ0n) is 8.15. The van der Waals surface area contributed by atoms with Gasteiger partial charge in [0, 0.05) is 25.1 Å². The van der Waals surface area contributed by atoms with Crippen LogP contribution in [-0.4, -0.2) is 33.5 Å². The molecule has 0 radical (unpaired) electrons. The van der Waals surface area contributed by atoms with Crippen LogP contribution in [0.25, 0.3) is 0 Å². The summed E-state index contributed by atoms with van der Waals surface area (Å²) in [5.41, 5.74) is -0.167. The van der Waals surface area contributed by atoms with Crippen molar-refractivity contribution in [2.24, 2.45) is 5.92 Å². The van der Waals surface area contributed by atoms with E-state index < -0.39 is 17.8 Å². The number of rotatable bonds is 4. The van der Waals surface area contributed by atoms with Crippen molar-refractivity contribution >= 4 is 11.9 Å². The maximum Gasteiger partial charge on any atom is 0.354 e. The van der Waals surface area contributed by atoms with Crippen molar-refractivity contribution in [3.05, 3.63) is 18.0 Å². The van der Waals surface area contributed by atoms with Crippen molar-refractivity contribution in [2.75, 3.05) is 11.9 Å². The van der Waals surface area contributed by atoms with E-state index in [9.17, 15) is 13.6 Å². The maximum atomic E-state index is 12.5. The first-order chi connectivity index (χ1) is 7.49. The van der Waals surface area contributed by atoms with Gasteiger partial charge in [0.15, 0.2) is 5.69 Å². The molecule has 7 heteroatoms. The highest BCUT2D eigenvalue weighted by atomic mass is 19.3. The van der Waals surface area contributed by atoms with Crippen molar-refractivity contribution in [1.29, 1.82) is 0 Å². The molecule has 0 bridgehead atoms. The van der Waals surface area contributed by atoms with Crippen LogP contribution in [-0.2, 0) is 0 Å². The van der Waals surface area contributed by atoms with E-state index in [1.165, 1.54) is 12.3 Å². The molecule has 1 fully saturated rings. The monoisotopic (exact) mass is 229 g/mol. The predicted molar refractivity (Wildman–Crippen MR) is 50.5 cm³/mol. The Morgan fingerprint density at radius 1 is 1.69 bits per heavy atom. The van der Waals surface area contributed by atoms with Crippen LogP contribution in [0.5, 0.6) is 0 Å². The molecule has 1 aromatic heterocycles. The summed E-state index contributed by atoms with van der Waals surface area (Å²) in [6.07, 6.45) is 1.13. The van der Waals surface area contributed by atoms with Crippen molar-refractivity contribution in [3.8, 4) is 0 Å². The molecule has 0 saturated heterocycles. The minimum absolute atomic E-state index is 0.0517. The van der Waals surface area contributed by atoms with Gasteiger partial charge in [-0.15, -0.1) is 0 Å². The van der Waals surface area contributed by atoms with Crippen LogP contribution >= 0.6 is 0 Å². The molecular weight excluding hydrogens is 220 g/mol. The van der Waals surface area contributed by atoms with Gasteiger partial charge in [0.25, 0.3) is 5.92 Å². The topological polar surface area (TPSA) is 75.1 Å². The van der Waals surface area contributed by atoms with Crippen molar-refractivity contribution in [1.82, 2.24) is 9.97 Å². The van der Waals surface area contributed by atoms with E-state index in [0.717, 1.165) is 0 Å². The SMILES string of the molecule is O=C(O)c1ccnc(NCC2CC2(F)F)n1. The summed E-state index contributed by atoms with van der Waals surface area (Å²) >= 11 is 0. The smallest absolute Gasteiger partial charge is 0.354 e. The second kappa shape index (κ2) is 3.66. The van der Waals surface area contributed by atoms with Crippen LogP contribution < -0.4 is 5.32 Å². The van der Waals surface area contributed by atoms with Gasteiger partial charge in [-0.3, -0.25) is 0 Å². The quantitative estimate of drug-likeness (QED) is 0.812. The molecule has 1 unspecified atom stereocenters. The predicted octanol–water partition coefficient (Wildman–Crippen LogP) is 1.24. The minimum atomic E-state index is -2.60. The van der Waals surface area contributed by atoms with E-state index in [1.54, 1.807) is 0 Å². The first-order valence-corrected chi connectivity index (χ1v) is 4.67. The number of carboxylic acid groups (broad SMARTS) is 1. The summed E-state index contributed by atoms with van der Waals surface area (Å²) in [7, 11) is 0. The molecule has 1 saturated carbocycles. The fraction of sp³-hybridized carbons (Fsp3) is 0.444. The van der Waals surface area contributed by atoms with Crippen LogP contribution in [0, 0.1) is 5.92 Å². The molecule has 16 heavy (non-hydrogen) atoms. The number of aromatic carboxylic acids is 1. The second-order valence-corrected chi connectivity index (χ2v) is 3.61. The van der Waals surface area contributed by atoms with Gasteiger partial charge >= 0.3 is 5.97 Å². The number of nitrogens with one attached hydrogen (secondary N) is 1. The van der Waals surface area contributed by atoms with E-state index in [4.69, 9.17) is 5.11 Å². The van der Waals surface area contributed by atoms with Crippen LogP contribution in [0.15, 0.2) is 12.3 Å². The van der Waals surface area contributed by atoms with Gasteiger partial charge < -0.3 is 10.4 Å². The lowest BCUT2D eigenvalue weighted by Gasteiger charge is -2.03. The maximum absolute atomic E-state index is 12.5. The molecule has 1 heterocycles. The standard InChI is InChI=1S/C9H9F2N3O2/c10-9(11)3-5(9)4-13-8-12-2-1-6(14-8)7(15)16/h1-2,5H,3-4H2,(H,15,16)(H,12,13,14). The summed E-state index contributed by atoms with van der Waals surface area (Å²) in [6.45, 7) is 0.0517. The number of nitrogens with zero attached hydrogens (tertiary/aromatic N) is 2. The van der Waals surface area contributed by atoms with Crippen LogP contribution in [0.3, 0.4) is 0 Å². The molecule has 0 spiro atoms. The van der Waals surface area contributed by atoms with Crippen molar-refractivity contribution < 1.29 is 18.7 Å². The molecule has 5 nitrogen and oxygen atoms in total. The van der Waals surface area contributed by atoms with Gasteiger partial charge in [-0.1, -0.05) is 0 Å². The number of halogens is 2. The zero-order chi connectivity index (χ0) is 11.8. The molecule has 2 N–H and O–H groups in total. The number of alkyl halides is 2. The molecule has 1 aliphatic rings. The summed E-state index contributed by atoms with van der Waals surface area (Å²) < 4.78 is 25.1. The van der Waals surface area contributed by atoms with Crippen LogP contribution in [0.1, 0.15) is 16.9 Å². The minimum Gasteiger partial charge on any atom is -0.477 e. The van der Waals surface area contributed by atoms with Gasteiger partial charge in [0.1, 0.15) is 0 Å². The highest BCUT2D eigenvalue weighted by Crippen LogP contribution is 2.48. The van der Waals surface area contributed by atoms with E-state index in [-0.39, 0.29) is 24.6 Å². The van der Waals surface area contributed by atoms with Gasteiger partial charge in [-0.05, 0) is 6.07 Å². The molecule has 2 rings (SSSR count). The molecular formula is C9H9F2N3O2. The van der Waals surface area contributed by atoms with Gasteiger partial charge in [0.2, 0.25) is 5.95 Å². The third-order valence-corrected chi connectivity index (χ3v) is 2.34. The number of carbonyl (C=O) groups is 1. The average Bonchev–Trinajstić information content (AvgIpc) is 2.84. The van der Waals surface area contributed by atoms with Gasteiger partial charge in [-0.25, -0.2) is 23.5 Å². The molecule has 86 valence electrons. The Morgan fingerprint density at radius 2 is 2.38 bits per heavy atom. The Labute approximate surface area is 89.5 Å². The molecule has 0 amide bonds. The van der Waals surface area contributed by atoms with Crippen molar-refractivity contribution in [3.63, 3.8) is 0 Å². The fourth-order valence-corrected chi connectivity index (χ4v) is 1.27. The number of aromatic nitrogens is 2. The van der Waals surface area contributed by atoms with E-state index in [2.05, 4.69) is 15.3 Å². The van der Waals surface area contributed by atoms with Crippen molar-refractivity contribution in [2.45, 2.75) is 12.3 Å². The van der Waals surface area contributed by atoms with E-state index in [0.29, 0.717) is 0 Å². The molecule has 0 aliphatic heterocycles. The Hall–Kier alpha value is -1.79. The van der Waals surface area contributed by atoms with Crippen LogP contribution in [0.4, 0.5) is 14.7 Å². The first-order valence-electron chi connectivity index (χ1n) is 4.67. The highest BCUT2D eigenvalue weighted by Gasteiger charge is 2.56. The van der Waals surface area contributed by atoms with Crippen LogP contribution in [0.2, 0.25) is 0 Å². The lowest BCUT2D eigenvalue weighted by atomic mass is 10.4. The van der Waals surface area contributed by atoms with Gasteiger partial charge in [0.05, 0.1) is 0 Å². The fourth-order valence-electron chi connectivity index (χ4n) is 1.27. The summed E-state index contributed by atoms with van der Waals surface area (Å²) in [6, 6.07) is 1.24. The lowest BCUT2D eigenvalue weighted by molar-refractivity contribution is 0.0690. The number of carboxylic acids is 1. The largest absolute Gasteiger partial charge is 0.477 e. The summed E-state index contributed by atoms with van der Waals surface area (Å²) in [5, 5.41) is 11.2. The summed E-state index contributed by atoms with van der Waals surface area (Å²) in [4.78, 5) is 18.0. The lowest BCUT2D eigenvalue weighted by Crippen LogP contribution is -2.12. The summed E-state index contributed by atoms with van der Waals surface area (Å²) in [5.74, 6) is -4.42. The zero-order valence-corrected chi connectivity index (χ0v) is 8.15. The second-order valence-electron chi connectivity index (χ2n) is 3.61. The Bertz CT molecular complexity index is 425. The first kappa shape index (κ1) is 10.7. The Balaban J connectivity index is 1.95. The number of anilines is 1. The average molecular weight is 229 g/mol. The third kappa shape index (κ3) is 2.23. The van der Waals surface area contributed by atoms with Gasteiger partial charge in [-0.2, -0.15) is 0 Å². The normalized spacial score (nSPS) is 21.5. The number of hydrogen-bond acceptors (Lipinski definition) is 4. The Kier molecular flexibility index (Phi) is 2.45. The highest BCUT2D eigenvalue weighted by molar-refractivity contribution is 5.85. The molecule has 1 aliphatic carbocycles. The molecule has 0 aromatic carbocycles. The van der Waals surface area contributed by atoms with E-state index in [1.807, 2.05) is 0 Å². The Morgan fingerprint density at radius 3 is 2.94 bits per heavy atom. The number of hydrogen-bond donors (Lipinski definition) is 2. The van der Waals surface area contributed by atoms with E-state index >= 15 is 0 Å².